The first-order valence-electron chi connectivity index (χ1n) is 12.0. The van der Waals surface area contributed by atoms with Crippen LogP contribution >= 0.6 is 0 Å². The van der Waals surface area contributed by atoms with Crippen molar-refractivity contribution in [3.05, 3.63) is 6.33 Å². The highest BCUT2D eigenvalue weighted by Crippen LogP contribution is 2.25. The van der Waals surface area contributed by atoms with Crippen molar-refractivity contribution in [2.75, 3.05) is 82.2 Å². The van der Waals surface area contributed by atoms with Crippen LogP contribution in [0, 0.1) is 0 Å². The number of carbonyl (C=O) groups excluding carboxylic acids is 1. The van der Waals surface area contributed by atoms with Crippen LogP contribution in [0.25, 0.3) is 11.2 Å². The molecule has 2 aliphatic rings. The van der Waals surface area contributed by atoms with E-state index >= 15 is 0 Å². The molecule has 0 radical (unpaired) electrons. The fraction of sp³-hybridized carbons (Fsp3) is 0.727. The number of hydrogen-bond donors (Lipinski definition) is 1. The van der Waals surface area contributed by atoms with E-state index in [0.29, 0.717) is 5.95 Å². The Morgan fingerprint density at radius 3 is 2.16 bits per heavy atom. The second-order valence-electron chi connectivity index (χ2n) is 8.71. The van der Waals surface area contributed by atoms with Gasteiger partial charge in [-0.1, -0.05) is 13.8 Å². The highest BCUT2D eigenvalue weighted by molar-refractivity contribution is 5.90. The van der Waals surface area contributed by atoms with E-state index in [4.69, 9.17) is 0 Å². The van der Waals surface area contributed by atoms with Crippen LogP contribution in [0.2, 0.25) is 0 Å². The Balaban J connectivity index is 1.48. The van der Waals surface area contributed by atoms with Gasteiger partial charge in [0.25, 0.3) is 0 Å². The van der Waals surface area contributed by atoms with Gasteiger partial charge in [-0.2, -0.15) is 9.97 Å². The molecule has 2 fully saturated rings. The molecule has 0 unspecified atom stereocenters. The van der Waals surface area contributed by atoms with Gasteiger partial charge in [0.1, 0.15) is 0 Å². The van der Waals surface area contributed by atoms with Gasteiger partial charge in [0, 0.05) is 65.8 Å². The summed E-state index contributed by atoms with van der Waals surface area (Å²) in [4.78, 5) is 35.5. The minimum atomic E-state index is -0.164. The number of hydrogen-bond acceptors (Lipinski definition) is 8. The number of nitrogens with one attached hydrogen (secondary N) is 1. The monoisotopic (exact) mass is 443 g/mol. The van der Waals surface area contributed by atoms with Gasteiger partial charge in [0.05, 0.1) is 6.33 Å². The maximum atomic E-state index is 11.7. The average Bonchev–Trinajstić information content (AvgIpc) is 3.21. The van der Waals surface area contributed by atoms with E-state index in [1.165, 1.54) is 6.92 Å². The first kappa shape index (κ1) is 22.9. The number of piperazine rings is 2. The van der Waals surface area contributed by atoms with Crippen molar-refractivity contribution in [1.82, 2.24) is 34.2 Å². The fourth-order valence-corrected chi connectivity index (χ4v) is 4.60. The summed E-state index contributed by atoms with van der Waals surface area (Å²) in [6, 6.07) is 0. The number of amides is 1. The lowest BCUT2D eigenvalue weighted by molar-refractivity contribution is -0.114. The van der Waals surface area contributed by atoms with Crippen LogP contribution in [-0.4, -0.2) is 112 Å². The van der Waals surface area contributed by atoms with Crippen molar-refractivity contribution in [1.29, 1.82) is 0 Å². The Morgan fingerprint density at radius 1 is 0.906 bits per heavy atom. The second kappa shape index (κ2) is 10.5. The zero-order valence-electron chi connectivity index (χ0n) is 19.8. The first-order valence-corrected chi connectivity index (χ1v) is 12.0. The SMILES string of the molecule is CCN1CCN(CCCn2cnc3c(N4CCN(CC)CC4)nc(NC(C)=O)nc32)CC1. The van der Waals surface area contributed by atoms with Crippen molar-refractivity contribution in [3.8, 4) is 0 Å². The lowest BCUT2D eigenvalue weighted by Gasteiger charge is -2.34. The third kappa shape index (κ3) is 5.36. The maximum absolute atomic E-state index is 11.7. The van der Waals surface area contributed by atoms with Gasteiger partial charge in [-0.15, -0.1) is 0 Å². The number of rotatable bonds is 8. The molecular formula is C22H37N9O. The van der Waals surface area contributed by atoms with Crippen molar-refractivity contribution < 1.29 is 4.79 Å². The number of nitrogens with zero attached hydrogens (tertiary/aromatic N) is 8. The van der Waals surface area contributed by atoms with Gasteiger partial charge in [-0.3, -0.25) is 10.1 Å². The highest BCUT2D eigenvalue weighted by atomic mass is 16.1. The number of likely N-dealkylation sites (N-methyl/N-ethyl adjacent to an activating group) is 2. The van der Waals surface area contributed by atoms with Crippen LogP contribution in [0.5, 0.6) is 0 Å². The molecule has 0 saturated carbocycles. The summed E-state index contributed by atoms with van der Waals surface area (Å²) in [5.74, 6) is 1.02. The van der Waals surface area contributed by atoms with Crippen molar-refractivity contribution in [3.63, 3.8) is 0 Å². The van der Waals surface area contributed by atoms with Crippen LogP contribution < -0.4 is 10.2 Å². The van der Waals surface area contributed by atoms with Crippen LogP contribution in [0.3, 0.4) is 0 Å². The summed E-state index contributed by atoms with van der Waals surface area (Å²) in [5, 5.41) is 2.78. The summed E-state index contributed by atoms with van der Waals surface area (Å²) in [6.45, 7) is 18.4. The summed E-state index contributed by atoms with van der Waals surface area (Å²) in [6.07, 6.45) is 2.92. The van der Waals surface area contributed by atoms with Crippen molar-refractivity contribution in [2.24, 2.45) is 0 Å². The molecule has 0 aromatic carbocycles. The number of aromatic nitrogens is 4. The Labute approximate surface area is 190 Å². The molecule has 32 heavy (non-hydrogen) atoms. The van der Waals surface area contributed by atoms with Gasteiger partial charge in [0.2, 0.25) is 11.9 Å². The molecule has 4 rings (SSSR count). The molecular weight excluding hydrogens is 406 g/mol. The number of anilines is 2. The molecule has 0 bridgehead atoms. The summed E-state index contributed by atoms with van der Waals surface area (Å²) in [5.41, 5.74) is 1.62. The molecule has 4 heterocycles. The van der Waals surface area contributed by atoms with E-state index in [1.807, 2.05) is 6.33 Å². The van der Waals surface area contributed by atoms with Gasteiger partial charge < -0.3 is 24.2 Å². The molecule has 1 amide bonds. The molecule has 10 nitrogen and oxygen atoms in total. The van der Waals surface area contributed by atoms with E-state index in [0.717, 1.165) is 102 Å². The topological polar surface area (TPSA) is 85.7 Å². The Hall–Kier alpha value is -2.30. The molecule has 2 saturated heterocycles. The smallest absolute Gasteiger partial charge is 0.233 e. The van der Waals surface area contributed by atoms with Crippen LogP contribution in [0.15, 0.2) is 6.33 Å². The highest BCUT2D eigenvalue weighted by Gasteiger charge is 2.23. The lowest BCUT2D eigenvalue weighted by Crippen LogP contribution is -2.46. The van der Waals surface area contributed by atoms with Gasteiger partial charge in [-0.05, 0) is 26.1 Å². The van der Waals surface area contributed by atoms with Crippen LogP contribution in [-0.2, 0) is 11.3 Å². The predicted molar refractivity (Wildman–Crippen MR) is 127 cm³/mol. The van der Waals surface area contributed by atoms with E-state index in [1.54, 1.807) is 0 Å². The van der Waals surface area contributed by atoms with Gasteiger partial charge in [0.15, 0.2) is 17.0 Å². The third-order valence-corrected chi connectivity index (χ3v) is 6.64. The molecule has 2 aromatic heterocycles. The lowest BCUT2D eigenvalue weighted by atomic mass is 10.3. The standard InChI is InChI=1S/C22H37N9O/c1-4-27-9-11-29(12-10-27)7-6-8-31-17-23-19-20(30-15-13-28(5-2)14-16-30)25-22(24-18(3)32)26-21(19)31/h17H,4-16H2,1-3H3,(H,24,25,26,32). The molecule has 0 aliphatic carbocycles. The first-order chi connectivity index (χ1) is 15.6. The second-order valence-corrected chi connectivity index (χ2v) is 8.71. The predicted octanol–water partition coefficient (Wildman–Crippen LogP) is 0.954. The Kier molecular flexibility index (Phi) is 7.54. The minimum Gasteiger partial charge on any atom is -0.352 e. The van der Waals surface area contributed by atoms with Crippen LogP contribution in [0.1, 0.15) is 27.2 Å². The fourth-order valence-electron chi connectivity index (χ4n) is 4.60. The minimum absolute atomic E-state index is 0.164. The maximum Gasteiger partial charge on any atom is 0.233 e. The number of aryl methyl sites for hydroxylation is 1. The van der Waals surface area contributed by atoms with Crippen LogP contribution in [0.4, 0.5) is 11.8 Å². The molecule has 2 aliphatic heterocycles. The zero-order chi connectivity index (χ0) is 22.5. The summed E-state index contributed by atoms with van der Waals surface area (Å²) >= 11 is 0. The average molecular weight is 444 g/mol. The molecule has 1 N–H and O–H groups in total. The van der Waals surface area contributed by atoms with Gasteiger partial charge in [-0.25, -0.2) is 4.98 Å². The number of imidazole rings is 1. The molecule has 176 valence electrons. The van der Waals surface area contributed by atoms with E-state index < -0.39 is 0 Å². The molecule has 0 atom stereocenters. The van der Waals surface area contributed by atoms with E-state index in [9.17, 15) is 4.79 Å². The third-order valence-electron chi connectivity index (χ3n) is 6.64. The Morgan fingerprint density at radius 2 is 1.53 bits per heavy atom. The summed E-state index contributed by atoms with van der Waals surface area (Å²) in [7, 11) is 0. The summed E-state index contributed by atoms with van der Waals surface area (Å²) < 4.78 is 2.11. The van der Waals surface area contributed by atoms with E-state index in [2.05, 4.69) is 58.3 Å². The zero-order valence-corrected chi connectivity index (χ0v) is 19.8. The molecule has 10 heteroatoms. The van der Waals surface area contributed by atoms with Crippen molar-refractivity contribution in [2.45, 2.75) is 33.7 Å². The van der Waals surface area contributed by atoms with Gasteiger partial charge >= 0.3 is 0 Å². The Bertz CT molecular complexity index is 898. The number of carbonyl (C=O) groups is 1. The number of fused-ring (bicyclic) bond motifs is 1. The molecule has 0 spiro atoms. The molecule has 2 aromatic rings. The van der Waals surface area contributed by atoms with Crippen molar-refractivity contribution >= 4 is 28.8 Å². The largest absolute Gasteiger partial charge is 0.352 e. The van der Waals surface area contributed by atoms with E-state index in [-0.39, 0.29) is 5.91 Å². The quantitative estimate of drug-likeness (QED) is 0.646. The normalized spacial score (nSPS) is 19.0.